The molecule has 0 saturated heterocycles. The number of aliphatic carboxylic acids is 1. The fraction of sp³-hybridized carbons (Fsp3) is 0. The summed E-state index contributed by atoms with van der Waals surface area (Å²) in [5.74, 6) is -1.29. The van der Waals surface area contributed by atoms with E-state index in [1.807, 2.05) is 6.07 Å². The third-order valence-electron chi connectivity index (χ3n) is 2.57. The molecule has 2 rings (SSSR count). The molecule has 0 unspecified atom stereocenters. The fourth-order valence-corrected chi connectivity index (χ4v) is 2.40. The van der Waals surface area contributed by atoms with Crippen molar-refractivity contribution in [2.24, 2.45) is 0 Å². The molecule has 0 aliphatic heterocycles. The Kier molecular flexibility index (Phi) is 4.73. The maximum atomic E-state index is 11.2. The van der Waals surface area contributed by atoms with Crippen LogP contribution in [0.3, 0.4) is 0 Å². The van der Waals surface area contributed by atoms with Crippen LogP contribution in [0.15, 0.2) is 64.4 Å². The van der Waals surface area contributed by atoms with Crippen molar-refractivity contribution in [2.45, 2.75) is 4.90 Å². The molecule has 106 valence electrons. The summed E-state index contributed by atoms with van der Waals surface area (Å²) in [7, 11) is 0. The van der Waals surface area contributed by atoms with E-state index in [9.17, 15) is 20.0 Å². The molecular formula is C15H10NO4S-. The number of thioether (sulfide) groups is 1. The molecule has 2 aromatic carbocycles. The molecular weight excluding hydrogens is 290 g/mol. The van der Waals surface area contributed by atoms with Crippen molar-refractivity contribution in [3.05, 3.63) is 75.2 Å². The summed E-state index contributed by atoms with van der Waals surface area (Å²) in [6.07, 6.45) is 1.50. The Labute approximate surface area is 125 Å². The molecule has 0 bridgehead atoms. The molecule has 0 saturated carbocycles. The molecule has 6 heteroatoms. The molecule has 0 aliphatic rings. The number of carbonyl (C=O) groups excluding carboxylic acids is 1. The van der Waals surface area contributed by atoms with Crippen LogP contribution < -0.4 is 5.11 Å². The van der Waals surface area contributed by atoms with Crippen molar-refractivity contribution < 1.29 is 14.8 Å². The monoisotopic (exact) mass is 300 g/mol. The fourth-order valence-electron chi connectivity index (χ4n) is 1.59. The lowest BCUT2D eigenvalue weighted by Crippen LogP contribution is -2.22. The second-order valence-electron chi connectivity index (χ2n) is 4.06. The van der Waals surface area contributed by atoms with Gasteiger partial charge in [-0.2, -0.15) is 0 Å². The van der Waals surface area contributed by atoms with Crippen LogP contribution in [0.5, 0.6) is 0 Å². The number of nitrogens with zero attached hydrogens (tertiary/aromatic N) is 1. The first-order valence-electron chi connectivity index (χ1n) is 5.96. The normalized spacial score (nSPS) is 11.1. The standard InChI is InChI=1S/C15H11NO4S/c17-15(18)14(10-11-4-2-1-3-5-11)21-13-8-6-12(7-9-13)16(19)20/h1-10H,(H,17,18)/p-1/b14-10+. The molecule has 0 aliphatic carbocycles. The lowest BCUT2D eigenvalue weighted by atomic mass is 10.2. The summed E-state index contributed by atoms with van der Waals surface area (Å²) in [5, 5.41) is 21.7. The predicted octanol–water partition coefficient (Wildman–Crippen LogP) is 2.48. The highest BCUT2D eigenvalue weighted by molar-refractivity contribution is 8.04. The van der Waals surface area contributed by atoms with Gasteiger partial charge in [-0.1, -0.05) is 42.1 Å². The molecule has 2 aromatic rings. The largest absolute Gasteiger partial charge is 0.544 e. The van der Waals surface area contributed by atoms with Crippen LogP contribution in [-0.4, -0.2) is 10.9 Å². The summed E-state index contributed by atoms with van der Waals surface area (Å²) < 4.78 is 0. The van der Waals surface area contributed by atoms with Crippen LogP contribution in [-0.2, 0) is 4.79 Å². The van der Waals surface area contributed by atoms with E-state index in [1.165, 1.54) is 30.3 Å². The second-order valence-corrected chi connectivity index (χ2v) is 5.18. The van der Waals surface area contributed by atoms with Crippen LogP contribution >= 0.6 is 11.8 Å². The van der Waals surface area contributed by atoms with Crippen molar-refractivity contribution in [3.8, 4) is 0 Å². The molecule has 21 heavy (non-hydrogen) atoms. The van der Waals surface area contributed by atoms with Crippen LogP contribution in [0.1, 0.15) is 5.56 Å². The number of hydrogen-bond acceptors (Lipinski definition) is 5. The van der Waals surface area contributed by atoms with E-state index in [2.05, 4.69) is 0 Å². The van der Waals surface area contributed by atoms with Gasteiger partial charge in [0.2, 0.25) is 0 Å². The molecule has 0 aromatic heterocycles. The number of hydrogen-bond donors (Lipinski definition) is 0. The highest BCUT2D eigenvalue weighted by atomic mass is 32.2. The van der Waals surface area contributed by atoms with Gasteiger partial charge in [-0.05, 0) is 23.8 Å². The van der Waals surface area contributed by atoms with Gasteiger partial charge in [0.05, 0.1) is 10.9 Å². The highest BCUT2D eigenvalue weighted by Crippen LogP contribution is 2.29. The number of rotatable bonds is 5. The molecule has 0 spiro atoms. The van der Waals surface area contributed by atoms with Gasteiger partial charge in [0.1, 0.15) is 0 Å². The van der Waals surface area contributed by atoms with Gasteiger partial charge < -0.3 is 9.90 Å². The van der Waals surface area contributed by atoms with Gasteiger partial charge in [0, 0.05) is 21.9 Å². The Balaban J connectivity index is 2.23. The minimum Gasteiger partial charge on any atom is -0.544 e. The zero-order valence-corrected chi connectivity index (χ0v) is 11.6. The van der Waals surface area contributed by atoms with E-state index in [4.69, 9.17) is 0 Å². The molecule has 0 heterocycles. The van der Waals surface area contributed by atoms with Gasteiger partial charge in [0.15, 0.2) is 0 Å². The average molecular weight is 300 g/mol. The van der Waals surface area contributed by atoms with Gasteiger partial charge in [-0.25, -0.2) is 0 Å². The van der Waals surface area contributed by atoms with E-state index in [0.29, 0.717) is 4.90 Å². The number of benzene rings is 2. The number of nitro groups is 1. The zero-order chi connectivity index (χ0) is 15.2. The second kappa shape index (κ2) is 6.71. The Morgan fingerprint density at radius 1 is 1.05 bits per heavy atom. The van der Waals surface area contributed by atoms with Gasteiger partial charge >= 0.3 is 0 Å². The van der Waals surface area contributed by atoms with Crippen LogP contribution in [0, 0.1) is 10.1 Å². The summed E-state index contributed by atoms with van der Waals surface area (Å²) in [6.45, 7) is 0. The minimum atomic E-state index is -1.29. The Morgan fingerprint density at radius 3 is 2.19 bits per heavy atom. The van der Waals surface area contributed by atoms with Crippen molar-refractivity contribution in [1.29, 1.82) is 0 Å². The maximum absolute atomic E-state index is 11.2. The van der Waals surface area contributed by atoms with Crippen molar-refractivity contribution >= 4 is 29.5 Å². The average Bonchev–Trinajstić information content (AvgIpc) is 2.48. The minimum absolute atomic E-state index is 0.0371. The lowest BCUT2D eigenvalue weighted by Gasteiger charge is -2.08. The van der Waals surface area contributed by atoms with E-state index >= 15 is 0 Å². The molecule has 0 radical (unpaired) electrons. The number of carbonyl (C=O) groups is 1. The van der Waals surface area contributed by atoms with Crippen molar-refractivity contribution in [3.63, 3.8) is 0 Å². The molecule has 0 N–H and O–H groups in total. The first-order valence-corrected chi connectivity index (χ1v) is 6.78. The number of nitro benzene ring substituents is 1. The first-order chi connectivity index (χ1) is 10.1. The molecule has 0 fully saturated rings. The SMILES string of the molecule is O=C([O-])/C(=C\c1ccccc1)Sc1ccc([N+](=O)[O-])cc1. The Hall–Kier alpha value is -2.60. The number of carboxylic acids is 1. The van der Waals surface area contributed by atoms with E-state index in [1.54, 1.807) is 24.3 Å². The third kappa shape index (κ3) is 4.19. The lowest BCUT2D eigenvalue weighted by molar-refractivity contribution is -0.384. The van der Waals surface area contributed by atoms with E-state index in [0.717, 1.165) is 17.3 Å². The predicted molar refractivity (Wildman–Crippen MR) is 78.4 cm³/mol. The van der Waals surface area contributed by atoms with E-state index in [-0.39, 0.29) is 10.6 Å². The van der Waals surface area contributed by atoms with Crippen molar-refractivity contribution in [1.82, 2.24) is 0 Å². The third-order valence-corrected chi connectivity index (χ3v) is 3.59. The summed E-state index contributed by atoms with van der Waals surface area (Å²) in [6, 6.07) is 14.7. The summed E-state index contributed by atoms with van der Waals surface area (Å²) in [4.78, 5) is 21.9. The van der Waals surface area contributed by atoms with Gasteiger partial charge in [0.25, 0.3) is 5.69 Å². The Bertz CT molecular complexity index is 681. The number of carboxylic acid groups (broad SMARTS) is 1. The van der Waals surface area contributed by atoms with Gasteiger partial charge in [-0.3, -0.25) is 10.1 Å². The van der Waals surface area contributed by atoms with Gasteiger partial charge in [-0.15, -0.1) is 0 Å². The van der Waals surface area contributed by atoms with Crippen LogP contribution in [0.4, 0.5) is 5.69 Å². The van der Waals surface area contributed by atoms with Crippen LogP contribution in [0.25, 0.3) is 6.08 Å². The first kappa shape index (κ1) is 14.8. The summed E-state index contributed by atoms with van der Waals surface area (Å²) in [5.41, 5.74) is 0.701. The summed E-state index contributed by atoms with van der Waals surface area (Å²) >= 11 is 0.989. The van der Waals surface area contributed by atoms with Crippen molar-refractivity contribution in [2.75, 3.05) is 0 Å². The quantitative estimate of drug-likeness (QED) is 0.366. The molecule has 0 atom stereocenters. The molecule has 5 nitrogen and oxygen atoms in total. The topological polar surface area (TPSA) is 83.3 Å². The highest BCUT2D eigenvalue weighted by Gasteiger charge is 2.07. The Morgan fingerprint density at radius 2 is 1.67 bits per heavy atom. The van der Waals surface area contributed by atoms with Crippen LogP contribution in [0.2, 0.25) is 0 Å². The van der Waals surface area contributed by atoms with E-state index < -0.39 is 10.9 Å². The zero-order valence-electron chi connectivity index (χ0n) is 10.8. The maximum Gasteiger partial charge on any atom is 0.269 e. The smallest absolute Gasteiger partial charge is 0.269 e. The molecule has 0 amide bonds. The number of non-ortho nitro benzene ring substituents is 1.